The molecule has 12 heteroatoms. The maximum Gasteiger partial charge on any atom is 0.131 e. The zero-order chi connectivity index (χ0) is 84.5. The quantitative estimate of drug-likeness (QED) is 0.0208. The summed E-state index contributed by atoms with van der Waals surface area (Å²) in [6, 6.07) is 48.8. The number of rotatable bonds is 52. The highest BCUT2D eigenvalue weighted by Crippen LogP contribution is 2.57. The van der Waals surface area contributed by atoms with E-state index in [2.05, 4.69) is 192 Å². The summed E-state index contributed by atoms with van der Waals surface area (Å²) < 4.78 is 73.1. The number of methoxy groups -OCH3 is 8. The fourth-order valence-electron chi connectivity index (χ4n) is 19.2. The van der Waals surface area contributed by atoms with E-state index < -0.39 is 0 Å². The number of hydrogen-bond donors (Lipinski definition) is 0. The third-order valence-corrected chi connectivity index (χ3v) is 27.0. The van der Waals surface area contributed by atoms with Crippen molar-refractivity contribution < 1.29 is 47.4 Å². The molecule has 120 heavy (non-hydrogen) atoms. The van der Waals surface area contributed by atoms with Crippen LogP contribution >= 0.6 is 31.9 Å². The Kier molecular flexibility index (Phi) is 37.2. The lowest BCUT2D eigenvalue weighted by Crippen LogP contribution is -2.17. The van der Waals surface area contributed by atoms with Gasteiger partial charge in [0.05, 0.1) is 94.4 Å². The van der Waals surface area contributed by atoms with Gasteiger partial charge >= 0.3 is 0 Å². The molecule has 1 aliphatic carbocycles. The predicted molar refractivity (Wildman–Crippen MR) is 509 cm³/mol. The van der Waals surface area contributed by atoms with Crippen LogP contribution in [0.15, 0.2) is 193 Å². The van der Waals surface area contributed by atoms with E-state index in [0.717, 1.165) is 345 Å². The third-order valence-electron chi connectivity index (χ3n) is 25.3. The van der Waals surface area contributed by atoms with E-state index in [-0.39, 0.29) is 36.9 Å². The molecule has 10 aromatic carbocycles. The SMILES string of the molecule is C=CCCCCCCCCC1c2cc(c(OC)cc2OC)C(CCCCCCCCC=C)c2cc(c(OC)c(COCc3c4ccccc4c(Br)c4ccccc34)c2OC)C(CCCCCCCCC=C)c2cc(c(OC)cc2OC)C(CCCCCCCCC=C)c2cc1c(OC)c(COCc1c3ccccc3c(Br)c3ccccc13)c2OC. The van der Waals surface area contributed by atoms with Crippen LogP contribution in [0, 0.1) is 0 Å². The molecular weight excluding hydrogens is 1620 g/mol. The number of fused-ring (bicyclic) bond motifs is 12. The smallest absolute Gasteiger partial charge is 0.131 e. The van der Waals surface area contributed by atoms with E-state index in [1.165, 1.54) is 25.7 Å². The van der Waals surface area contributed by atoms with Crippen LogP contribution in [0.1, 0.15) is 296 Å². The third kappa shape index (κ3) is 22.5. The fourth-order valence-corrected chi connectivity index (χ4v) is 20.6. The van der Waals surface area contributed by atoms with Crippen molar-refractivity contribution in [1.82, 2.24) is 0 Å². The average Bonchev–Trinajstić information content (AvgIpc) is 0.746. The molecule has 0 aromatic heterocycles. The van der Waals surface area contributed by atoms with Gasteiger partial charge in [0.15, 0.2) is 0 Å². The Hall–Kier alpha value is -8.52. The predicted octanol–water partition coefficient (Wildman–Crippen LogP) is 31.4. The normalized spacial score (nSPS) is 14.5. The van der Waals surface area contributed by atoms with Crippen molar-refractivity contribution in [3.05, 3.63) is 260 Å². The van der Waals surface area contributed by atoms with E-state index in [0.29, 0.717) is 13.2 Å². The lowest BCUT2D eigenvalue weighted by molar-refractivity contribution is 0.104. The molecule has 640 valence electrons. The summed E-state index contributed by atoms with van der Waals surface area (Å²) in [5, 5.41) is 9.09. The Bertz CT molecular complexity index is 4410. The second kappa shape index (κ2) is 48.4. The number of unbranched alkanes of at least 4 members (excludes halogenated alkanes) is 24. The zero-order valence-corrected chi connectivity index (χ0v) is 76.6. The monoisotopic (exact) mass is 1750 g/mol. The van der Waals surface area contributed by atoms with Gasteiger partial charge in [-0.1, -0.05) is 250 Å². The summed E-state index contributed by atoms with van der Waals surface area (Å²) in [4.78, 5) is 0. The molecule has 11 rings (SSSR count). The average molecular weight is 1750 g/mol. The zero-order valence-electron chi connectivity index (χ0n) is 73.4. The maximum atomic E-state index is 7.42. The summed E-state index contributed by atoms with van der Waals surface area (Å²) >= 11 is 8.10. The first-order valence-electron chi connectivity index (χ1n) is 44.8. The highest BCUT2D eigenvalue weighted by molar-refractivity contribution is 9.11. The van der Waals surface area contributed by atoms with Crippen molar-refractivity contribution in [2.75, 3.05) is 56.9 Å². The van der Waals surface area contributed by atoms with E-state index in [1.54, 1.807) is 0 Å². The molecule has 10 nitrogen and oxygen atoms in total. The summed E-state index contributed by atoms with van der Waals surface area (Å²) in [6.07, 6.45) is 41.7. The maximum absolute atomic E-state index is 7.42. The summed E-state index contributed by atoms with van der Waals surface area (Å²) in [5.41, 5.74) is 12.3. The minimum atomic E-state index is -0.286. The van der Waals surface area contributed by atoms with Gasteiger partial charge in [-0.15, -0.1) is 26.3 Å². The van der Waals surface area contributed by atoms with Crippen LogP contribution in [0.25, 0.3) is 43.1 Å². The number of allylic oxidation sites excluding steroid dienone is 4. The standard InChI is InChI=1S/C108H134Br2O10/c1-13-17-21-25-29-33-37-41-53-79-87-65-88(100(112-6)69-99(87)111-5)80(54-42-38-34-30-26-22-18-14-2)93-68-94(108(118-12)98(107(93)117-11)74-120-72-96-77-59-47-51-63-85(77)104(110)86-64-52-48-60-78(86)96)82(56-44-40-36-32-28-24-20-16-4)90-66-89(101(113-7)70-102(90)114-8)81(55-43-39-35-31-27-23-19-15-3)92-67-91(79)105(115-9)97(106(92)116-10)73-119-71-95-75-57-45-49-61-83(75)103(109)84-62-50-46-58-76(84)95/h13-16,45-52,57-70,79-82H,1-4,17-44,53-56,71-74H2,5-12H3. The summed E-state index contributed by atoms with van der Waals surface area (Å²) in [5.74, 6) is 4.76. The lowest BCUT2D eigenvalue weighted by atomic mass is 9.75. The molecule has 4 atom stereocenters. The van der Waals surface area contributed by atoms with Gasteiger partial charge in [0.25, 0.3) is 0 Å². The highest BCUT2D eigenvalue weighted by atomic mass is 79.9. The molecule has 0 heterocycles. The molecule has 0 spiro atoms. The number of halogens is 2. The molecule has 4 unspecified atom stereocenters. The summed E-state index contributed by atoms with van der Waals surface area (Å²) in [7, 11) is 14.6. The minimum absolute atomic E-state index is 0.181. The minimum Gasteiger partial charge on any atom is -0.496 e. The molecule has 0 saturated carbocycles. The molecule has 0 aliphatic heterocycles. The second-order valence-electron chi connectivity index (χ2n) is 32.8. The summed E-state index contributed by atoms with van der Waals surface area (Å²) in [6.45, 7) is 17.2. The Balaban J connectivity index is 1.22. The van der Waals surface area contributed by atoms with Crippen LogP contribution in [0.3, 0.4) is 0 Å². The van der Waals surface area contributed by atoms with Crippen molar-refractivity contribution >= 4 is 74.9 Å². The van der Waals surface area contributed by atoms with Crippen LogP contribution in [-0.4, -0.2) is 56.9 Å². The Morgan fingerprint density at radius 2 is 0.442 bits per heavy atom. The molecular formula is C108H134Br2O10. The van der Waals surface area contributed by atoms with E-state index in [9.17, 15) is 0 Å². The molecule has 0 amide bonds. The van der Waals surface area contributed by atoms with Crippen LogP contribution in [0.5, 0.6) is 46.0 Å². The van der Waals surface area contributed by atoms with E-state index in [1.807, 2.05) is 81.2 Å². The van der Waals surface area contributed by atoms with Crippen molar-refractivity contribution in [3.8, 4) is 46.0 Å². The van der Waals surface area contributed by atoms with Crippen molar-refractivity contribution in [2.45, 2.75) is 256 Å². The Morgan fingerprint density at radius 1 is 0.242 bits per heavy atom. The number of benzene rings is 10. The topological polar surface area (TPSA) is 92.3 Å². The van der Waals surface area contributed by atoms with Gasteiger partial charge in [0.2, 0.25) is 0 Å². The van der Waals surface area contributed by atoms with Gasteiger partial charge in [-0.05, 0) is 187 Å². The van der Waals surface area contributed by atoms with Crippen molar-refractivity contribution in [2.24, 2.45) is 0 Å². The second-order valence-corrected chi connectivity index (χ2v) is 34.4. The van der Waals surface area contributed by atoms with Gasteiger partial charge in [0, 0.05) is 89.3 Å². The first kappa shape index (κ1) is 92.2. The molecule has 0 fully saturated rings. The Morgan fingerprint density at radius 3 is 0.658 bits per heavy atom. The van der Waals surface area contributed by atoms with Crippen LogP contribution in [0.2, 0.25) is 0 Å². The van der Waals surface area contributed by atoms with Crippen molar-refractivity contribution in [1.29, 1.82) is 0 Å². The first-order valence-corrected chi connectivity index (χ1v) is 46.4. The van der Waals surface area contributed by atoms with Crippen LogP contribution in [-0.2, 0) is 35.9 Å². The molecule has 0 saturated heterocycles. The van der Waals surface area contributed by atoms with Gasteiger partial charge < -0.3 is 47.4 Å². The van der Waals surface area contributed by atoms with Gasteiger partial charge in [0.1, 0.15) is 46.0 Å². The molecule has 10 aromatic rings. The fraction of sp³-hybridized carbons (Fsp3) is 0.444. The van der Waals surface area contributed by atoms with E-state index in [4.69, 9.17) is 47.4 Å². The Labute approximate surface area is 735 Å². The van der Waals surface area contributed by atoms with Gasteiger partial charge in [-0.25, -0.2) is 0 Å². The molecule has 8 bridgehead atoms. The van der Waals surface area contributed by atoms with Crippen LogP contribution in [0.4, 0.5) is 0 Å². The van der Waals surface area contributed by atoms with Crippen molar-refractivity contribution in [3.63, 3.8) is 0 Å². The van der Waals surface area contributed by atoms with Crippen LogP contribution < -0.4 is 37.9 Å². The lowest BCUT2D eigenvalue weighted by Gasteiger charge is -2.33. The molecule has 1 aliphatic rings. The van der Waals surface area contributed by atoms with Gasteiger partial charge in [-0.2, -0.15) is 0 Å². The van der Waals surface area contributed by atoms with E-state index >= 15 is 0 Å². The number of hydrogen-bond acceptors (Lipinski definition) is 10. The number of ether oxygens (including phenoxy) is 10. The van der Waals surface area contributed by atoms with Gasteiger partial charge in [-0.3, -0.25) is 0 Å². The molecule has 0 radical (unpaired) electrons. The molecule has 0 N–H and O–H groups in total. The largest absolute Gasteiger partial charge is 0.496 e. The highest BCUT2D eigenvalue weighted by Gasteiger charge is 2.38. The first-order chi connectivity index (χ1) is 59.0.